The van der Waals surface area contributed by atoms with Crippen LogP contribution in [0.4, 0.5) is 4.39 Å². The van der Waals surface area contributed by atoms with Gasteiger partial charge in [0.1, 0.15) is 12.2 Å². The van der Waals surface area contributed by atoms with Gasteiger partial charge in [0, 0.05) is 20.6 Å². The number of phenolic OH excluding ortho intramolecular Hbond substituents is 1. The average molecular weight is 448 g/mol. The number of aromatic nitrogens is 3. The highest BCUT2D eigenvalue weighted by Gasteiger charge is 2.10. The van der Waals surface area contributed by atoms with Crippen molar-refractivity contribution in [2.24, 2.45) is 12.0 Å². The molecule has 0 atom stereocenters. The normalized spacial score (nSPS) is 11.1. The third kappa shape index (κ3) is 5.32. The minimum Gasteiger partial charge on any atom is -0.505 e. The number of benzene rings is 1. The van der Waals surface area contributed by atoms with Crippen LogP contribution < -0.4 is 5.32 Å². The second-order valence-corrected chi connectivity index (χ2v) is 5.11. The number of aromatic hydroxyl groups is 1. The molecule has 2 rings (SSSR count). The van der Waals surface area contributed by atoms with Crippen LogP contribution in [0.5, 0.6) is 5.75 Å². The number of nitrogens with one attached hydrogen (secondary N) is 1. The van der Waals surface area contributed by atoms with Gasteiger partial charge in [-0.1, -0.05) is 6.07 Å². The Balaban J connectivity index is 0.00000288. The minimum absolute atomic E-state index is 0. The molecule has 0 amide bonds. The van der Waals surface area contributed by atoms with Gasteiger partial charge in [-0.2, -0.15) is 5.10 Å². The van der Waals surface area contributed by atoms with Crippen LogP contribution in [0.3, 0.4) is 0 Å². The average Bonchev–Trinajstić information content (AvgIpc) is 2.92. The summed E-state index contributed by atoms with van der Waals surface area (Å²) in [6, 6.07) is 4.26. The largest absolute Gasteiger partial charge is 0.505 e. The van der Waals surface area contributed by atoms with Gasteiger partial charge < -0.3 is 15.3 Å². The van der Waals surface area contributed by atoms with E-state index < -0.39 is 5.82 Å². The second-order valence-electron chi connectivity index (χ2n) is 5.11. The number of halogens is 2. The summed E-state index contributed by atoms with van der Waals surface area (Å²) in [6.45, 7) is 3.55. The maximum atomic E-state index is 13.4. The van der Waals surface area contributed by atoms with Gasteiger partial charge in [-0.25, -0.2) is 14.4 Å². The van der Waals surface area contributed by atoms with Gasteiger partial charge in [0.15, 0.2) is 17.5 Å². The molecule has 0 fully saturated rings. The molecule has 0 radical (unpaired) electrons. The molecular formula is C15H22FIN6O. The molecule has 9 heteroatoms. The summed E-state index contributed by atoms with van der Waals surface area (Å²) in [6.07, 6.45) is 1.51. The summed E-state index contributed by atoms with van der Waals surface area (Å²) in [5.41, 5.74) is 0.683. The van der Waals surface area contributed by atoms with Crippen molar-refractivity contribution >= 4 is 29.9 Å². The van der Waals surface area contributed by atoms with Crippen LogP contribution in [-0.2, 0) is 20.1 Å². The van der Waals surface area contributed by atoms with Crippen LogP contribution in [0, 0.1) is 5.82 Å². The quantitative estimate of drug-likeness (QED) is 0.415. The van der Waals surface area contributed by atoms with Crippen molar-refractivity contribution in [2.45, 2.75) is 20.0 Å². The molecule has 0 bridgehead atoms. The lowest BCUT2D eigenvalue weighted by atomic mass is 10.2. The van der Waals surface area contributed by atoms with E-state index >= 15 is 0 Å². The van der Waals surface area contributed by atoms with E-state index in [2.05, 4.69) is 20.4 Å². The van der Waals surface area contributed by atoms with E-state index in [1.807, 2.05) is 25.9 Å². The van der Waals surface area contributed by atoms with Gasteiger partial charge >= 0.3 is 0 Å². The van der Waals surface area contributed by atoms with Gasteiger partial charge in [0.2, 0.25) is 0 Å². The molecule has 0 aliphatic heterocycles. The van der Waals surface area contributed by atoms with Gasteiger partial charge in [0.25, 0.3) is 0 Å². The maximum Gasteiger partial charge on any atom is 0.194 e. The second kappa shape index (κ2) is 9.40. The van der Waals surface area contributed by atoms with E-state index in [1.165, 1.54) is 18.5 Å². The number of guanidine groups is 1. The van der Waals surface area contributed by atoms with E-state index in [1.54, 1.807) is 10.7 Å². The summed E-state index contributed by atoms with van der Waals surface area (Å²) < 4.78 is 15.1. The first-order valence-electron chi connectivity index (χ1n) is 7.31. The Hall–Kier alpha value is -1.91. The first kappa shape index (κ1) is 20.1. The predicted molar refractivity (Wildman–Crippen MR) is 101 cm³/mol. The Bertz CT molecular complexity index is 690. The lowest BCUT2D eigenvalue weighted by molar-refractivity contribution is 0.431. The highest BCUT2D eigenvalue weighted by molar-refractivity contribution is 14.0. The van der Waals surface area contributed by atoms with Crippen molar-refractivity contribution in [1.82, 2.24) is 25.0 Å². The van der Waals surface area contributed by atoms with Gasteiger partial charge in [0.05, 0.1) is 13.1 Å². The standard InChI is InChI=1S/C15H21FN6O.HI/c1-4-17-15(21(2)9-14-19-10-20-22(14)3)18-8-11-5-6-13(23)12(16)7-11;/h5-7,10,23H,4,8-9H2,1-3H3,(H,17,18);1H. The fraction of sp³-hybridized carbons (Fsp3) is 0.400. The lowest BCUT2D eigenvalue weighted by Gasteiger charge is -2.21. The Morgan fingerprint density at radius 2 is 2.21 bits per heavy atom. The zero-order valence-electron chi connectivity index (χ0n) is 13.9. The van der Waals surface area contributed by atoms with E-state index in [0.29, 0.717) is 31.2 Å². The number of rotatable bonds is 5. The molecule has 132 valence electrons. The first-order valence-corrected chi connectivity index (χ1v) is 7.31. The highest BCUT2D eigenvalue weighted by Crippen LogP contribution is 2.16. The van der Waals surface area contributed by atoms with E-state index in [0.717, 1.165) is 5.82 Å². The Labute approximate surface area is 157 Å². The SMILES string of the molecule is CCNC(=NCc1ccc(O)c(F)c1)N(C)Cc1ncnn1C.I. The Kier molecular flexibility index (Phi) is 7.89. The van der Waals surface area contributed by atoms with Crippen molar-refractivity contribution in [1.29, 1.82) is 0 Å². The predicted octanol–water partition coefficient (Wildman–Crippen LogP) is 1.88. The Morgan fingerprint density at radius 1 is 1.46 bits per heavy atom. The monoisotopic (exact) mass is 448 g/mol. The van der Waals surface area contributed by atoms with Crippen molar-refractivity contribution in [2.75, 3.05) is 13.6 Å². The summed E-state index contributed by atoms with van der Waals surface area (Å²) in [5, 5.41) is 16.4. The molecule has 24 heavy (non-hydrogen) atoms. The zero-order valence-corrected chi connectivity index (χ0v) is 16.2. The lowest BCUT2D eigenvalue weighted by Crippen LogP contribution is -2.39. The minimum atomic E-state index is -0.643. The Morgan fingerprint density at radius 3 is 2.79 bits per heavy atom. The van der Waals surface area contributed by atoms with E-state index in [4.69, 9.17) is 0 Å². The molecule has 7 nitrogen and oxygen atoms in total. The third-order valence-electron chi connectivity index (χ3n) is 3.30. The van der Waals surface area contributed by atoms with Crippen LogP contribution in [0.1, 0.15) is 18.3 Å². The molecule has 0 saturated carbocycles. The molecule has 2 aromatic rings. The first-order chi connectivity index (χ1) is 11.0. The molecule has 0 aliphatic rings. The van der Waals surface area contributed by atoms with Crippen LogP contribution in [-0.4, -0.2) is 44.3 Å². The van der Waals surface area contributed by atoms with Crippen LogP contribution >= 0.6 is 24.0 Å². The van der Waals surface area contributed by atoms with Gasteiger partial charge in [-0.3, -0.25) is 4.68 Å². The molecule has 0 aliphatic carbocycles. The third-order valence-corrected chi connectivity index (χ3v) is 3.30. The molecule has 1 heterocycles. The summed E-state index contributed by atoms with van der Waals surface area (Å²) >= 11 is 0. The zero-order chi connectivity index (χ0) is 16.8. The van der Waals surface area contributed by atoms with Crippen LogP contribution in [0.2, 0.25) is 0 Å². The van der Waals surface area contributed by atoms with Crippen molar-refractivity contribution in [3.8, 4) is 5.75 Å². The molecule has 2 N–H and O–H groups in total. The van der Waals surface area contributed by atoms with Crippen LogP contribution in [0.25, 0.3) is 0 Å². The molecule has 0 spiro atoms. The fourth-order valence-corrected chi connectivity index (χ4v) is 2.03. The summed E-state index contributed by atoms with van der Waals surface area (Å²) in [7, 11) is 3.73. The molecule has 1 aromatic carbocycles. The number of hydrogen-bond acceptors (Lipinski definition) is 4. The van der Waals surface area contributed by atoms with Crippen molar-refractivity contribution in [3.05, 3.63) is 41.7 Å². The topological polar surface area (TPSA) is 78.6 Å². The molecule has 0 unspecified atom stereocenters. The highest BCUT2D eigenvalue weighted by atomic mass is 127. The summed E-state index contributed by atoms with van der Waals surface area (Å²) in [4.78, 5) is 10.6. The smallest absolute Gasteiger partial charge is 0.194 e. The van der Waals surface area contributed by atoms with Gasteiger partial charge in [-0.05, 0) is 24.6 Å². The molecule has 0 saturated heterocycles. The van der Waals surface area contributed by atoms with Gasteiger partial charge in [-0.15, -0.1) is 24.0 Å². The molecular weight excluding hydrogens is 426 g/mol. The number of phenols is 1. The number of aryl methyl sites for hydroxylation is 1. The fourth-order valence-electron chi connectivity index (χ4n) is 2.03. The maximum absolute atomic E-state index is 13.4. The number of hydrogen-bond donors (Lipinski definition) is 2. The molecule has 1 aromatic heterocycles. The van der Waals surface area contributed by atoms with Crippen molar-refractivity contribution in [3.63, 3.8) is 0 Å². The summed E-state index contributed by atoms with van der Waals surface area (Å²) in [5.74, 6) is 0.497. The van der Waals surface area contributed by atoms with E-state index in [-0.39, 0.29) is 29.7 Å². The van der Waals surface area contributed by atoms with E-state index in [9.17, 15) is 9.50 Å². The number of nitrogens with zero attached hydrogens (tertiary/aromatic N) is 5. The van der Waals surface area contributed by atoms with Crippen LogP contribution in [0.15, 0.2) is 29.5 Å². The number of aliphatic imine (C=N–C) groups is 1. The van der Waals surface area contributed by atoms with Crippen molar-refractivity contribution < 1.29 is 9.50 Å².